The SMILES string of the molecule is COC(=O)C1CN1C(C)C. The predicted molar refractivity (Wildman–Crippen MR) is 37.6 cm³/mol. The van der Waals surface area contributed by atoms with E-state index in [9.17, 15) is 4.79 Å². The predicted octanol–water partition coefficient (Wildman–Crippen LogP) is 0.252. The zero-order valence-corrected chi connectivity index (χ0v) is 6.63. The van der Waals surface area contributed by atoms with Gasteiger partial charge in [-0.25, -0.2) is 0 Å². The molecule has 2 unspecified atom stereocenters. The van der Waals surface area contributed by atoms with Crippen LogP contribution in [0.1, 0.15) is 13.8 Å². The normalized spacial score (nSPS) is 30.4. The maximum Gasteiger partial charge on any atom is 0.324 e. The molecule has 3 nitrogen and oxygen atoms in total. The summed E-state index contributed by atoms with van der Waals surface area (Å²) in [7, 11) is 1.43. The molecule has 0 aliphatic carbocycles. The number of hydrogen-bond acceptors (Lipinski definition) is 3. The second kappa shape index (κ2) is 2.58. The number of ether oxygens (including phenoxy) is 1. The Morgan fingerprint density at radius 1 is 1.70 bits per heavy atom. The Bertz CT molecular complexity index is 145. The van der Waals surface area contributed by atoms with Crippen molar-refractivity contribution in [3.63, 3.8) is 0 Å². The van der Waals surface area contributed by atoms with Crippen LogP contribution in [-0.2, 0) is 9.53 Å². The third-order valence-corrected chi connectivity index (χ3v) is 1.79. The van der Waals surface area contributed by atoms with Gasteiger partial charge in [-0.05, 0) is 13.8 Å². The van der Waals surface area contributed by atoms with E-state index >= 15 is 0 Å². The summed E-state index contributed by atoms with van der Waals surface area (Å²) >= 11 is 0. The van der Waals surface area contributed by atoms with Crippen molar-refractivity contribution in [3.8, 4) is 0 Å². The van der Waals surface area contributed by atoms with Crippen molar-refractivity contribution in [2.24, 2.45) is 0 Å². The zero-order valence-electron chi connectivity index (χ0n) is 6.63. The Morgan fingerprint density at radius 3 is 2.60 bits per heavy atom. The minimum atomic E-state index is -0.103. The monoisotopic (exact) mass is 143 g/mol. The van der Waals surface area contributed by atoms with Gasteiger partial charge in [0.2, 0.25) is 0 Å². The van der Waals surface area contributed by atoms with Gasteiger partial charge in [-0.3, -0.25) is 9.69 Å². The highest BCUT2D eigenvalue weighted by Crippen LogP contribution is 2.21. The lowest BCUT2D eigenvalue weighted by atomic mass is 10.4. The van der Waals surface area contributed by atoms with Gasteiger partial charge in [0, 0.05) is 12.6 Å². The molecule has 1 aliphatic heterocycles. The first-order chi connectivity index (χ1) is 4.66. The van der Waals surface area contributed by atoms with Crippen molar-refractivity contribution in [3.05, 3.63) is 0 Å². The molecule has 58 valence electrons. The molecule has 1 fully saturated rings. The molecule has 2 atom stereocenters. The van der Waals surface area contributed by atoms with E-state index in [1.165, 1.54) is 7.11 Å². The van der Waals surface area contributed by atoms with Crippen LogP contribution in [0.2, 0.25) is 0 Å². The molecule has 3 heteroatoms. The molecule has 0 aromatic heterocycles. The molecule has 0 spiro atoms. The number of carbonyl (C=O) groups is 1. The smallest absolute Gasteiger partial charge is 0.324 e. The van der Waals surface area contributed by atoms with Crippen LogP contribution in [0, 0.1) is 0 Å². The molecule has 0 aromatic carbocycles. The summed E-state index contributed by atoms with van der Waals surface area (Å²) in [6, 6.07) is 0.508. The van der Waals surface area contributed by atoms with E-state index in [2.05, 4.69) is 23.5 Å². The second-order valence-electron chi connectivity index (χ2n) is 2.83. The average molecular weight is 143 g/mol. The fourth-order valence-electron chi connectivity index (χ4n) is 1.07. The van der Waals surface area contributed by atoms with Crippen LogP contribution in [-0.4, -0.2) is 36.6 Å². The quantitative estimate of drug-likeness (QED) is 0.410. The van der Waals surface area contributed by atoms with Gasteiger partial charge in [-0.2, -0.15) is 0 Å². The van der Waals surface area contributed by atoms with E-state index in [-0.39, 0.29) is 12.0 Å². The maximum absolute atomic E-state index is 10.8. The highest BCUT2D eigenvalue weighted by molar-refractivity contribution is 5.78. The summed E-state index contributed by atoms with van der Waals surface area (Å²) < 4.78 is 4.57. The van der Waals surface area contributed by atoms with Gasteiger partial charge in [-0.1, -0.05) is 0 Å². The minimum Gasteiger partial charge on any atom is -0.468 e. The highest BCUT2D eigenvalue weighted by atomic mass is 16.5. The van der Waals surface area contributed by atoms with Gasteiger partial charge in [0.15, 0.2) is 0 Å². The molecular formula is C7H13NO2. The van der Waals surface area contributed by atoms with Crippen molar-refractivity contribution >= 4 is 5.97 Å². The molecule has 0 N–H and O–H groups in total. The highest BCUT2D eigenvalue weighted by Gasteiger charge is 2.42. The van der Waals surface area contributed by atoms with Crippen LogP contribution < -0.4 is 0 Å². The standard InChI is InChI=1S/C7H13NO2/c1-5(2)8-4-6(8)7(9)10-3/h5-6H,4H2,1-3H3. The summed E-state index contributed by atoms with van der Waals surface area (Å²) in [4.78, 5) is 12.9. The van der Waals surface area contributed by atoms with Crippen LogP contribution in [0.3, 0.4) is 0 Å². The molecule has 0 bridgehead atoms. The average Bonchev–Trinajstić information content (AvgIpc) is 2.64. The molecule has 1 heterocycles. The molecule has 0 saturated carbocycles. The molecule has 1 rings (SSSR count). The minimum absolute atomic E-state index is 0.0463. The maximum atomic E-state index is 10.8. The summed E-state index contributed by atoms with van der Waals surface area (Å²) in [5.41, 5.74) is 0. The topological polar surface area (TPSA) is 29.3 Å². The first-order valence-electron chi connectivity index (χ1n) is 3.50. The Morgan fingerprint density at radius 2 is 2.30 bits per heavy atom. The zero-order chi connectivity index (χ0) is 7.72. The first-order valence-corrected chi connectivity index (χ1v) is 3.50. The van der Waals surface area contributed by atoms with Gasteiger partial charge >= 0.3 is 5.97 Å². The lowest BCUT2D eigenvalue weighted by Gasteiger charge is -2.04. The van der Waals surface area contributed by atoms with Crippen molar-refractivity contribution in [1.29, 1.82) is 0 Å². The Hall–Kier alpha value is -0.570. The lowest BCUT2D eigenvalue weighted by Crippen LogP contribution is -2.19. The first kappa shape index (κ1) is 7.54. The van der Waals surface area contributed by atoms with Gasteiger partial charge in [0.05, 0.1) is 7.11 Å². The Kier molecular flexibility index (Phi) is 1.94. The van der Waals surface area contributed by atoms with Gasteiger partial charge in [-0.15, -0.1) is 0 Å². The van der Waals surface area contributed by atoms with Gasteiger partial charge in [0.25, 0.3) is 0 Å². The molecule has 0 aromatic rings. The number of esters is 1. The van der Waals surface area contributed by atoms with Crippen LogP contribution in [0.5, 0.6) is 0 Å². The number of rotatable bonds is 2. The molecule has 0 amide bonds. The number of nitrogens with zero attached hydrogens (tertiary/aromatic N) is 1. The largest absolute Gasteiger partial charge is 0.468 e. The summed E-state index contributed by atoms with van der Waals surface area (Å²) in [6.07, 6.45) is 0. The van der Waals surface area contributed by atoms with E-state index in [0.717, 1.165) is 6.54 Å². The van der Waals surface area contributed by atoms with E-state index < -0.39 is 0 Å². The third-order valence-electron chi connectivity index (χ3n) is 1.79. The van der Waals surface area contributed by atoms with Crippen molar-refractivity contribution in [2.45, 2.75) is 25.9 Å². The van der Waals surface area contributed by atoms with Crippen LogP contribution in [0.15, 0.2) is 0 Å². The van der Waals surface area contributed by atoms with E-state index in [4.69, 9.17) is 0 Å². The summed E-state index contributed by atoms with van der Waals surface area (Å²) in [5, 5.41) is 0. The summed E-state index contributed by atoms with van der Waals surface area (Å²) in [5.74, 6) is -0.103. The van der Waals surface area contributed by atoms with Crippen LogP contribution >= 0.6 is 0 Å². The third kappa shape index (κ3) is 1.29. The fraction of sp³-hybridized carbons (Fsp3) is 0.857. The second-order valence-corrected chi connectivity index (χ2v) is 2.83. The molecular weight excluding hydrogens is 130 g/mol. The molecule has 10 heavy (non-hydrogen) atoms. The van der Waals surface area contributed by atoms with E-state index in [1.54, 1.807) is 0 Å². The van der Waals surface area contributed by atoms with E-state index in [1.807, 2.05) is 0 Å². The molecule has 1 aliphatic rings. The fourth-order valence-corrected chi connectivity index (χ4v) is 1.07. The van der Waals surface area contributed by atoms with Crippen molar-refractivity contribution in [1.82, 2.24) is 4.90 Å². The number of carbonyl (C=O) groups excluding carboxylic acids is 1. The van der Waals surface area contributed by atoms with Crippen molar-refractivity contribution < 1.29 is 9.53 Å². The molecule has 1 saturated heterocycles. The Labute approximate surface area is 61.0 Å². The Balaban J connectivity index is 2.31. The van der Waals surface area contributed by atoms with Gasteiger partial charge < -0.3 is 4.74 Å². The number of methoxy groups -OCH3 is 1. The number of hydrogen-bond donors (Lipinski definition) is 0. The van der Waals surface area contributed by atoms with Crippen molar-refractivity contribution in [2.75, 3.05) is 13.7 Å². The van der Waals surface area contributed by atoms with Crippen LogP contribution in [0.25, 0.3) is 0 Å². The lowest BCUT2D eigenvalue weighted by molar-refractivity contribution is -0.141. The molecule has 0 radical (unpaired) electrons. The van der Waals surface area contributed by atoms with E-state index in [0.29, 0.717) is 6.04 Å². The van der Waals surface area contributed by atoms with Gasteiger partial charge in [0.1, 0.15) is 6.04 Å². The summed E-state index contributed by atoms with van der Waals surface area (Å²) in [6.45, 7) is 5.01. The van der Waals surface area contributed by atoms with Crippen LogP contribution in [0.4, 0.5) is 0 Å².